The van der Waals surface area contributed by atoms with Crippen LogP contribution in [0, 0.1) is 6.92 Å². The Hall–Kier alpha value is -2.17. The molecule has 0 fully saturated rings. The molecule has 0 amide bonds. The number of anilines is 1. The summed E-state index contributed by atoms with van der Waals surface area (Å²) < 4.78 is 0. The molecule has 0 aliphatic carbocycles. The lowest BCUT2D eigenvalue weighted by atomic mass is 10.2. The van der Waals surface area contributed by atoms with Gasteiger partial charge in [0.05, 0.1) is 5.69 Å². The molecule has 1 aliphatic heterocycles. The topological polar surface area (TPSA) is 54.3 Å². The maximum atomic E-state index is 11.3. The van der Waals surface area contributed by atoms with Crippen LogP contribution in [-0.4, -0.2) is 24.4 Å². The summed E-state index contributed by atoms with van der Waals surface area (Å²) in [6.45, 7) is 3.70. The van der Waals surface area contributed by atoms with Gasteiger partial charge in [-0.2, -0.15) is 5.10 Å². The zero-order chi connectivity index (χ0) is 12.4. The first kappa shape index (κ1) is 11.3. The number of aryl methyl sites for hydroxylation is 1. The molecule has 1 aromatic carbocycles. The molecule has 0 N–H and O–H groups in total. The molecule has 1 aliphatic rings. The largest absolute Gasteiger partial charge is 0.387 e. The second kappa shape index (κ2) is 4.37. The molecule has 0 unspecified atom stereocenters. The highest BCUT2D eigenvalue weighted by atomic mass is 16.7. The van der Waals surface area contributed by atoms with E-state index in [0.29, 0.717) is 5.71 Å². The lowest BCUT2D eigenvalue weighted by Crippen LogP contribution is -2.21. The summed E-state index contributed by atoms with van der Waals surface area (Å²) in [5, 5.41) is 9.38. The van der Waals surface area contributed by atoms with Crippen LogP contribution in [0.15, 0.2) is 34.5 Å². The zero-order valence-electron chi connectivity index (χ0n) is 9.97. The van der Waals surface area contributed by atoms with Crippen molar-refractivity contribution in [2.75, 3.05) is 12.1 Å². The van der Waals surface area contributed by atoms with Crippen molar-refractivity contribution in [3.8, 4) is 0 Å². The van der Waals surface area contributed by atoms with E-state index in [1.807, 2.05) is 31.2 Å². The number of hydrogen-bond donors (Lipinski definition) is 0. The van der Waals surface area contributed by atoms with Crippen LogP contribution in [0.3, 0.4) is 0 Å². The van der Waals surface area contributed by atoms with Gasteiger partial charge in [-0.3, -0.25) is 5.01 Å². The summed E-state index contributed by atoms with van der Waals surface area (Å²) >= 11 is 0. The Labute approximate surface area is 99.4 Å². The number of hydrogen-bond acceptors (Lipinski definition) is 5. The number of rotatable bonds is 2. The van der Waals surface area contributed by atoms with Crippen molar-refractivity contribution in [1.29, 1.82) is 0 Å². The van der Waals surface area contributed by atoms with E-state index < -0.39 is 5.97 Å². The number of hydrazone groups is 1. The lowest BCUT2D eigenvalue weighted by Gasteiger charge is -2.13. The Bertz CT molecular complexity index is 503. The van der Waals surface area contributed by atoms with Gasteiger partial charge < -0.3 is 4.84 Å². The van der Waals surface area contributed by atoms with Gasteiger partial charge in [0.2, 0.25) is 0 Å². The van der Waals surface area contributed by atoms with Crippen molar-refractivity contribution in [3.63, 3.8) is 0 Å². The summed E-state index contributed by atoms with van der Waals surface area (Å²) in [6, 6.07) is 7.85. The van der Waals surface area contributed by atoms with Gasteiger partial charge in [0.15, 0.2) is 5.71 Å². The van der Waals surface area contributed by atoms with Crippen molar-refractivity contribution in [2.24, 2.45) is 10.3 Å². The average molecular weight is 231 g/mol. The van der Waals surface area contributed by atoms with Gasteiger partial charge in [-0.15, -0.1) is 0 Å². The van der Waals surface area contributed by atoms with Gasteiger partial charge in [0, 0.05) is 7.05 Å². The third kappa shape index (κ3) is 2.33. The Morgan fingerprint density at radius 1 is 1.24 bits per heavy atom. The minimum atomic E-state index is -0.513. The highest BCUT2D eigenvalue weighted by molar-refractivity contribution is 6.66. The van der Waals surface area contributed by atoms with Crippen molar-refractivity contribution < 1.29 is 9.63 Å². The smallest absolute Gasteiger partial charge is 0.311 e. The molecule has 17 heavy (non-hydrogen) atoms. The van der Waals surface area contributed by atoms with Gasteiger partial charge in [-0.05, 0) is 26.0 Å². The highest BCUT2D eigenvalue weighted by Gasteiger charge is 2.25. The number of carbonyl (C=O) groups is 1. The molecule has 1 heterocycles. The summed E-state index contributed by atoms with van der Waals surface area (Å²) in [7, 11) is 1.77. The van der Waals surface area contributed by atoms with Crippen LogP contribution in [0.2, 0.25) is 0 Å². The summed E-state index contributed by atoms with van der Waals surface area (Å²) in [5.41, 5.74) is 2.81. The molecule has 88 valence electrons. The first-order valence-electron chi connectivity index (χ1n) is 5.23. The standard InChI is InChI=1S/C12H13N3O2/c1-8-4-6-10(7-5-8)15(3)13-11-9(2)14-17-12(11)16/h4-7H,1-3H3/b13-11+. The quantitative estimate of drug-likeness (QED) is 0.575. The Morgan fingerprint density at radius 2 is 1.88 bits per heavy atom. The van der Waals surface area contributed by atoms with Gasteiger partial charge in [-0.25, -0.2) is 4.79 Å². The third-order valence-corrected chi connectivity index (χ3v) is 2.46. The summed E-state index contributed by atoms with van der Waals surface area (Å²) in [6.07, 6.45) is 0. The predicted molar refractivity (Wildman–Crippen MR) is 66.2 cm³/mol. The molecule has 0 atom stereocenters. The summed E-state index contributed by atoms with van der Waals surface area (Å²) in [4.78, 5) is 15.8. The second-order valence-electron chi connectivity index (χ2n) is 3.86. The predicted octanol–water partition coefficient (Wildman–Crippen LogP) is 1.72. The van der Waals surface area contributed by atoms with Crippen LogP contribution in [0.1, 0.15) is 12.5 Å². The molecule has 5 nitrogen and oxygen atoms in total. The van der Waals surface area contributed by atoms with E-state index in [9.17, 15) is 4.79 Å². The zero-order valence-corrected chi connectivity index (χ0v) is 9.97. The van der Waals surface area contributed by atoms with Crippen molar-refractivity contribution in [1.82, 2.24) is 0 Å². The molecular formula is C12H13N3O2. The maximum Gasteiger partial charge on any atom is 0.387 e. The SMILES string of the molecule is CC1=NOC(=O)/C1=N/N(C)c1ccc(C)cc1. The Balaban J connectivity index is 2.24. The highest BCUT2D eigenvalue weighted by Crippen LogP contribution is 2.14. The van der Waals surface area contributed by atoms with Crippen molar-refractivity contribution in [2.45, 2.75) is 13.8 Å². The van der Waals surface area contributed by atoms with Crippen LogP contribution in [-0.2, 0) is 9.63 Å². The van der Waals surface area contributed by atoms with Crippen LogP contribution < -0.4 is 5.01 Å². The van der Waals surface area contributed by atoms with Crippen molar-refractivity contribution >= 4 is 23.1 Å². The van der Waals surface area contributed by atoms with Crippen molar-refractivity contribution in [3.05, 3.63) is 29.8 Å². The first-order valence-corrected chi connectivity index (χ1v) is 5.23. The second-order valence-corrected chi connectivity index (χ2v) is 3.86. The molecule has 5 heteroatoms. The van der Waals surface area contributed by atoms with E-state index in [1.54, 1.807) is 19.0 Å². The molecular weight excluding hydrogens is 218 g/mol. The molecule has 0 bridgehead atoms. The van der Waals surface area contributed by atoms with Crippen LogP contribution >= 0.6 is 0 Å². The van der Waals surface area contributed by atoms with Crippen LogP contribution in [0.25, 0.3) is 0 Å². The maximum absolute atomic E-state index is 11.3. The molecule has 0 aromatic heterocycles. The van der Waals surface area contributed by atoms with E-state index >= 15 is 0 Å². The van der Waals surface area contributed by atoms with E-state index in [4.69, 9.17) is 0 Å². The lowest BCUT2D eigenvalue weighted by molar-refractivity contribution is -0.134. The van der Waals surface area contributed by atoms with E-state index in [2.05, 4.69) is 15.1 Å². The average Bonchev–Trinajstić information content (AvgIpc) is 2.61. The normalized spacial score (nSPS) is 17.0. The van der Waals surface area contributed by atoms with Gasteiger partial charge >= 0.3 is 5.97 Å². The molecule has 1 aromatic rings. The molecule has 0 spiro atoms. The van der Waals surface area contributed by atoms with E-state index in [-0.39, 0.29) is 5.71 Å². The number of nitrogens with zero attached hydrogens (tertiary/aromatic N) is 3. The van der Waals surface area contributed by atoms with Gasteiger partial charge in [0.25, 0.3) is 0 Å². The minimum Gasteiger partial charge on any atom is -0.311 e. The molecule has 0 saturated heterocycles. The molecule has 0 saturated carbocycles. The number of benzene rings is 1. The van der Waals surface area contributed by atoms with Crippen LogP contribution in [0.5, 0.6) is 0 Å². The number of oxime groups is 1. The Kier molecular flexibility index (Phi) is 2.91. The fourth-order valence-electron chi connectivity index (χ4n) is 1.43. The molecule has 0 radical (unpaired) electrons. The monoisotopic (exact) mass is 231 g/mol. The Morgan fingerprint density at radius 3 is 2.41 bits per heavy atom. The van der Waals surface area contributed by atoms with E-state index in [0.717, 1.165) is 5.69 Å². The fraction of sp³-hybridized carbons (Fsp3) is 0.250. The minimum absolute atomic E-state index is 0.244. The van der Waals surface area contributed by atoms with Crippen LogP contribution in [0.4, 0.5) is 5.69 Å². The van der Waals surface area contributed by atoms with Gasteiger partial charge in [-0.1, -0.05) is 22.9 Å². The fourth-order valence-corrected chi connectivity index (χ4v) is 1.43. The molecule has 2 rings (SSSR count). The first-order chi connectivity index (χ1) is 8.08. The van der Waals surface area contributed by atoms with Gasteiger partial charge in [0.1, 0.15) is 5.71 Å². The summed E-state index contributed by atoms with van der Waals surface area (Å²) in [5.74, 6) is -0.513. The number of carbonyl (C=O) groups excluding carboxylic acids is 1. The van der Waals surface area contributed by atoms with E-state index in [1.165, 1.54) is 5.56 Å². The third-order valence-electron chi connectivity index (χ3n) is 2.46.